The molecule has 0 radical (unpaired) electrons. The smallest absolute Gasteiger partial charge is 0.279 e. The summed E-state index contributed by atoms with van der Waals surface area (Å²) in [5.41, 5.74) is 1.88. The van der Waals surface area contributed by atoms with Crippen LogP contribution in [0, 0.1) is 0 Å². The maximum Gasteiger partial charge on any atom is 0.346 e. The number of halogens is 3. The second-order valence-electron chi connectivity index (χ2n) is 8.76. The van der Waals surface area contributed by atoms with Gasteiger partial charge >= 0.3 is 5.69 Å². The van der Waals surface area contributed by atoms with Crippen LogP contribution in [0.4, 0.5) is 8.78 Å². The summed E-state index contributed by atoms with van der Waals surface area (Å²) in [7, 11) is 0. The van der Waals surface area contributed by atoms with Crippen molar-refractivity contribution in [1.29, 1.82) is 0 Å². The van der Waals surface area contributed by atoms with E-state index in [1.54, 1.807) is 12.1 Å². The van der Waals surface area contributed by atoms with E-state index >= 15 is 0 Å². The highest BCUT2D eigenvalue weighted by atomic mass is 79.9. The van der Waals surface area contributed by atoms with E-state index in [4.69, 9.17) is 0 Å². The number of aromatic nitrogens is 3. The van der Waals surface area contributed by atoms with Crippen LogP contribution in [-0.4, -0.2) is 14.3 Å². The Kier molecular flexibility index (Phi) is 6.84. The molecule has 0 aliphatic rings. The van der Waals surface area contributed by atoms with Crippen LogP contribution in [0.3, 0.4) is 0 Å². The molecule has 3 aromatic rings. The van der Waals surface area contributed by atoms with Crippen LogP contribution in [0.25, 0.3) is 0 Å². The molecule has 4 nitrogen and oxygen atoms in total. The fourth-order valence-electron chi connectivity index (χ4n) is 3.50. The van der Waals surface area contributed by atoms with Gasteiger partial charge in [0.1, 0.15) is 5.82 Å². The van der Waals surface area contributed by atoms with Gasteiger partial charge in [-0.05, 0) is 35.6 Å². The number of aryl methyl sites for hydroxylation is 1. The van der Waals surface area contributed by atoms with Crippen LogP contribution in [-0.2, 0) is 30.8 Å². The topological polar surface area (TPSA) is 39.8 Å². The Morgan fingerprint density at radius 2 is 1.71 bits per heavy atom. The highest BCUT2D eigenvalue weighted by Gasteiger charge is 2.32. The van der Waals surface area contributed by atoms with Crippen molar-refractivity contribution in [3.63, 3.8) is 0 Å². The minimum absolute atomic E-state index is 0.0125. The van der Waals surface area contributed by atoms with Gasteiger partial charge in [-0.1, -0.05) is 73.1 Å². The Balaban J connectivity index is 1.79. The van der Waals surface area contributed by atoms with Gasteiger partial charge in [-0.25, -0.2) is 18.3 Å². The Morgan fingerprint density at radius 1 is 1.03 bits per heavy atom. The molecule has 1 heterocycles. The van der Waals surface area contributed by atoms with E-state index in [0.717, 1.165) is 5.56 Å². The lowest BCUT2D eigenvalue weighted by atomic mass is 9.87. The van der Waals surface area contributed by atoms with Gasteiger partial charge in [-0.15, -0.1) is 0 Å². The maximum atomic E-state index is 14.7. The van der Waals surface area contributed by atoms with Crippen LogP contribution >= 0.6 is 15.9 Å². The first kappa shape index (κ1) is 23.4. The number of hydrogen-bond donors (Lipinski definition) is 0. The second-order valence-corrected chi connectivity index (χ2v) is 9.68. The van der Waals surface area contributed by atoms with Gasteiger partial charge in [-0.2, -0.15) is 5.10 Å². The van der Waals surface area contributed by atoms with Gasteiger partial charge in [0.05, 0.1) is 6.54 Å². The molecule has 1 aromatic heterocycles. The molecule has 0 unspecified atom stereocenters. The maximum absolute atomic E-state index is 14.7. The van der Waals surface area contributed by atoms with Gasteiger partial charge in [0.15, 0.2) is 0 Å². The SMILES string of the molecule is CCn1c(CCC(F)(F)c2cccc(Br)c2)nn(Cc2ccc(C(C)(C)C)cc2)c1=O. The monoisotopic (exact) mass is 491 g/mol. The summed E-state index contributed by atoms with van der Waals surface area (Å²) in [6, 6.07) is 14.2. The molecule has 0 fully saturated rings. The molecular weight excluding hydrogens is 464 g/mol. The standard InChI is InChI=1S/C24H28BrF2N3O/c1-5-29-21(13-14-24(26,27)19-7-6-8-20(25)15-19)28-30(22(29)31)16-17-9-11-18(12-10-17)23(2,3)4/h6-12,15H,5,13-14,16H2,1-4H3. The van der Waals surface area contributed by atoms with Crippen molar-refractivity contribution in [1.82, 2.24) is 14.3 Å². The zero-order valence-electron chi connectivity index (χ0n) is 18.3. The zero-order chi connectivity index (χ0) is 22.8. The summed E-state index contributed by atoms with van der Waals surface area (Å²) in [5, 5.41) is 4.39. The van der Waals surface area contributed by atoms with Crippen LogP contribution in [0.15, 0.2) is 57.8 Å². The lowest BCUT2D eigenvalue weighted by Gasteiger charge is -2.19. The number of alkyl halides is 2. The predicted molar refractivity (Wildman–Crippen MR) is 123 cm³/mol. The molecule has 0 saturated heterocycles. The molecule has 0 bridgehead atoms. The molecule has 0 atom stereocenters. The van der Waals surface area contributed by atoms with Crippen LogP contribution in [0.5, 0.6) is 0 Å². The number of benzene rings is 2. The van der Waals surface area contributed by atoms with Crippen LogP contribution in [0.1, 0.15) is 56.6 Å². The summed E-state index contributed by atoms with van der Waals surface area (Å²) < 4.78 is 32.8. The van der Waals surface area contributed by atoms with E-state index in [0.29, 0.717) is 23.4 Å². The molecule has 2 aromatic carbocycles. The van der Waals surface area contributed by atoms with Crippen molar-refractivity contribution >= 4 is 15.9 Å². The van der Waals surface area contributed by atoms with E-state index in [1.807, 2.05) is 19.1 Å². The molecule has 0 aliphatic heterocycles. The highest BCUT2D eigenvalue weighted by Crippen LogP contribution is 2.34. The van der Waals surface area contributed by atoms with E-state index in [9.17, 15) is 13.6 Å². The number of hydrogen-bond acceptors (Lipinski definition) is 2. The molecule has 0 saturated carbocycles. The lowest BCUT2D eigenvalue weighted by Crippen LogP contribution is -2.25. The van der Waals surface area contributed by atoms with E-state index in [-0.39, 0.29) is 23.1 Å². The number of rotatable bonds is 7. The summed E-state index contributed by atoms with van der Waals surface area (Å²) in [6.45, 7) is 8.95. The fourth-order valence-corrected chi connectivity index (χ4v) is 3.90. The first-order valence-electron chi connectivity index (χ1n) is 10.4. The molecule has 0 amide bonds. The summed E-state index contributed by atoms with van der Waals surface area (Å²) in [4.78, 5) is 12.8. The van der Waals surface area contributed by atoms with Crippen molar-refractivity contribution in [2.24, 2.45) is 0 Å². The number of nitrogens with zero attached hydrogens (tertiary/aromatic N) is 3. The summed E-state index contributed by atoms with van der Waals surface area (Å²) >= 11 is 3.24. The third-order valence-corrected chi connectivity index (χ3v) is 5.87. The van der Waals surface area contributed by atoms with E-state index in [1.165, 1.54) is 26.9 Å². The predicted octanol–water partition coefficient (Wildman–Crippen LogP) is 5.90. The first-order chi connectivity index (χ1) is 14.5. The molecule has 31 heavy (non-hydrogen) atoms. The van der Waals surface area contributed by atoms with Crippen molar-refractivity contribution in [2.45, 2.75) is 65.0 Å². The van der Waals surface area contributed by atoms with Crippen molar-refractivity contribution in [3.8, 4) is 0 Å². The van der Waals surface area contributed by atoms with Crippen LogP contribution < -0.4 is 5.69 Å². The molecule has 7 heteroatoms. The van der Waals surface area contributed by atoms with Gasteiger partial charge in [0.2, 0.25) is 0 Å². The fraction of sp³-hybridized carbons (Fsp3) is 0.417. The summed E-state index contributed by atoms with van der Waals surface area (Å²) in [6.07, 6.45) is -0.404. The Bertz CT molecular complexity index is 1100. The molecular formula is C24H28BrF2N3O. The van der Waals surface area contributed by atoms with Gasteiger partial charge in [0, 0.05) is 29.4 Å². The zero-order valence-corrected chi connectivity index (χ0v) is 19.9. The minimum atomic E-state index is -3.01. The van der Waals surface area contributed by atoms with Crippen molar-refractivity contribution < 1.29 is 8.78 Å². The largest absolute Gasteiger partial charge is 0.346 e. The average Bonchev–Trinajstić information content (AvgIpc) is 3.01. The third kappa shape index (κ3) is 5.50. The van der Waals surface area contributed by atoms with Gasteiger partial charge in [0.25, 0.3) is 5.92 Å². The lowest BCUT2D eigenvalue weighted by molar-refractivity contribution is -0.0137. The van der Waals surface area contributed by atoms with Crippen molar-refractivity contribution in [2.75, 3.05) is 0 Å². The Morgan fingerprint density at radius 3 is 2.29 bits per heavy atom. The molecule has 0 spiro atoms. The van der Waals surface area contributed by atoms with Gasteiger partial charge in [-0.3, -0.25) is 4.57 Å². The summed E-state index contributed by atoms with van der Waals surface area (Å²) in [5.74, 6) is -2.63. The normalized spacial score (nSPS) is 12.4. The quantitative estimate of drug-likeness (QED) is 0.412. The molecule has 166 valence electrons. The Labute approximate surface area is 190 Å². The van der Waals surface area contributed by atoms with E-state index in [2.05, 4.69) is 53.9 Å². The van der Waals surface area contributed by atoms with E-state index < -0.39 is 12.3 Å². The van der Waals surface area contributed by atoms with Crippen molar-refractivity contribution in [3.05, 3.63) is 86.0 Å². The molecule has 0 aliphatic carbocycles. The Hall–Kier alpha value is -2.28. The molecule has 3 rings (SSSR count). The van der Waals surface area contributed by atoms with Crippen LogP contribution in [0.2, 0.25) is 0 Å². The second kappa shape index (κ2) is 9.07. The minimum Gasteiger partial charge on any atom is -0.279 e. The average molecular weight is 492 g/mol. The molecule has 0 N–H and O–H groups in total. The third-order valence-electron chi connectivity index (χ3n) is 5.38. The highest BCUT2D eigenvalue weighted by molar-refractivity contribution is 9.10. The first-order valence-corrected chi connectivity index (χ1v) is 11.2. The van der Waals surface area contributed by atoms with Gasteiger partial charge < -0.3 is 0 Å².